The number of piperazine rings is 1. The summed E-state index contributed by atoms with van der Waals surface area (Å²) in [4.78, 5) is 26.6. The lowest BCUT2D eigenvalue weighted by Gasteiger charge is -2.34. The third-order valence-corrected chi connectivity index (χ3v) is 3.30. The Kier molecular flexibility index (Phi) is 8.65. The number of rotatable bonds is 8. The topological polar surface area (TPSA) is 79.3 Å². The molecule has 7 heteroatoms. The van der Waals surface area contributed by atoms with Gasteiger partial charge in [-0.2, -0.15) is 0 Å². The van der Waals surface area contributed by atoms with Gasteiger partial charge in [-0.1, -0.05) is 6.08 Å². The Bertz CT molecular complexity index is 351. The maximum absolute atomic E-state index is 11.4. The highest BCUT2D eigenvalue weighted by molar-refractivity contribution is 5.83. The molecule has 1 aliphatic heterocycles. The smallest absolute Gasteiger partial charge is 0.330 e. The molecule has 120 valence electrons. The van der Waals surface area contributed by atoms with Gasteiger partial charge in [0.2, 0.25) is 0 Å². The van der Waals surface area contributed by atoms with Crippen molar-refractivity contribution in [2.75, 3.05) is 59.6 Å². The van der Waals surface area contributed by atoms with Crippen LogP contribution in [0.2, 0.25) is 0 Å². The van der Waals surface area contributed by atoms with Crippen molar-refractivity contribution < 1.29 is 24.2 Å². The van der Waals surface area contributed by atoms with Crippen LogP contribution in [0.25, 0.3) is 0 Å². The summed E-state index contributed by atoms with van der Waals surface area (Å²) < 4.78 is 9.51. The number of aliphatic hydroxyl groups is 1. The Morgan fingerprint density at radius 3 is 2.33 bits per heavy atom. The van der Waals surface area contributed by atoms with Crippen LogP contribution in [0.1, 0.15) is 6.42 Å². The first-order valence-corrected chi connectivity index (χ1v) is 7.11. The van der Waals surface area contributed by atoms with E-state index in [1.54, 1.807) is 0 Å². The van der Waals surface area contributed by atoms with E-state index in [1.807, 2.05) is 0 Å². The van der Waals surface area contributed by atoms with Crippen LogP contribution in [-0.4, -0.2) is 86.4 Å². The van der Waals surface area contributed by atoms with E-state index in [0.717, 1.165) is 26.2 Å². The summed E-state index contributed by atoms with van der Waals surface area (Å²) in [6.45, 7) is 5.61. The Morgan fingerprint density at radius 1 is 1.14 bits per heavy atom. The summed E-state index contributed by atoms with van der Waals surface area (Å²) in [7, 11) is 1.30. The highest BCUT2D eigenvalue weighted by Crippen LogP contribution is 2.00. The highest BCUT2D eigenvalue weighted by Gasteiger charge is 2.15. The van der Waals surface area contributed by atoms with Crippen LogP contribution < -0.4 is 0 Å². The first-order valence-electron chi connectivity index (χ1n) is 7.11. The number of ether oxygens (including phenoxy) is 2. The van der Waals surface area contributed by atoms with E-state index in [-0.39, 0.29) is 19.0 Å². The largest absolute Gasteiger partial charge is 0.469 e. The summed E-state index contributed by atoms with van der Waals surface area (Å²) in [5.74, 6) is -0.836. The molecule has 0 spiro atoms. The molecule has 0 aromatic rings. The SMILES string of the molecule is COC(=O)C/C=C/C(=O)OCCN1CCN(CCO)CC1. The molecule has 0 aromatic carbocycles. The lowest BCUT2D eigenvalue weighted by Crippen LogP contribution is -2.48. The molecular formula is C14H24N2O5. The zero-order chi connectivity index (χ0) is 15.5. The molecule has 0 bridgehead atoms. The minimum Gasteiger partial charge on any atom is -0.469 e. The van der Waals surface area contributed by atoms with Gasteiger partial charge >= 0.3 is 11.9 Å². The Labute approximate surface area is 125 Å². The van der Waals surface area contributed by atoms with Gasteiger partial charge in [-0.25, -0.2) is 4.79 Å². The van der Waals surface area contributed by atoms with E-state index in [0.29, 0.717) is 19.7 Å². The summed E-state index contributed by atoms with van der Waals surface area (Å²) >= 11 is 0. The van der Waals surface area contributed by atoms with E-state index >= 15 is 0 Å². The molecule has 0 aromatic heterocycles. The molecule has 0 atom stereocenters. The predicted octanol–water partition coefficient (Wildman–Crippen LogP) is -0.741. The quantitative estimate of drug-likeness (QED) is 0.467. The fraction of sp³-hybridized carbons (Fsp3) is 0.714. The number of esters is 2. The van der Waals surface area contributed by atoms with Crippen LogP contribution in [0.5, 0.6) is 0 Å². The number of carbonyl (C=O) groups excluding carboxylic acids is 2. The standard InChI is InChI=1S/C14H24N2O5/c1-20-13(18)3-2-4-14(19)21-12-10-16-7-5-15(6-8-16)9-11-17/h2,4,17H,3,5-12H2,1H3/b4-2+. The zero-order valence-electron chi connectivity index (χ0n) is 12.5. The number of nitrogens with zero attached hydrogens (tertiary/aromatic N) is 2. The Morgan fingerprint density at radius 2 is 1.76 bits per heavy atom. The van der Waals surface area contributed by atoms with Gasteiger partial charge in [0.15, 0.2) is 0 Å². The average molecular weight is 300 g/mol. The number of carbonyl (C=O) groups is 2. The molecule has 1 aliphatic rings. The number of β-amino-alcohol motifs (C(OH)–C–C–N with tert-alkyl or cyclic N) is 1. The van der Waals surface area contributed by atoms with E-state index in [1.165, 1.54) is 19.3 Å². The van der Waals surface area contributed by atoms with Gasteiger partial charge < -0.3 is 14.6 Å². The van der Waals surface area contributed by atoms with Gasteiger partial charge in [0.05, 0.1) is 20.1 Å². The van der Waals surface area contributed by atoms with Crippen molar-refractivity contribution in [3.05, 3.63) is 12.2 Å². The van der Waals surface area contributed by atoms with Crippen molar-refractivity contribution in [2.24, 2.45) is 0 Å². The van der Waals surface area contributed by atoms with Gasteiger partial charge in [0.25, 0.3) is 0 Å². The molecule has 1 rings (SSSR count). The molecule has 0 unspecified atom stereocenters. The molecule has 1 heterocycles. The third kappa shape index (κ3) is 7.79. The van der Waals surface area contributed by atoms with Gasteiger partial charge in [-0.05, 0) is 0 Å². The van der Waals surface area contributed by atoms with E-state index in [9.17, 15) is 9.59 Å². The molecule has 0 saturated carbocycles. The minimum atomic E-state index is -0.446. The molecular weight excluding hydrogens is 276 g/mol. The van der Waals surface area contributed by atoms with Crippen molar-refractivity contribution in [3.63, 3.8) is 0 Å². The van der Waals surface area contributed by atoms with E-state index in [2.05, 4.69) is 14.5 Å². The van der Waals surface area contributed by atoms with Crippen molar-refractivity contribution in [3.8, 4) is 0 Å². The summed E-state index contributed by atoms with van der Waals surface area (Å²) in [6.07, 6.45) is 2.75. The summed E-state index contributed by atoms with van der Waals surface area (Å²) in [5, 5.41) is 8.86. The maximum atomic E-state index is 11.4. The fourth-order valence-electron chi connectivity index (χ4n) is 2.04. The molecule has 0 radical (unpaired) electrons. The lowest BCUT2D eigenvalue weighted by atomic mass is 10.3. The number of hydrogen-bond acceptors (Lipinski definition) is 7. The fourth-order valence-corrected chi connectivity index (χ4v) is 2.04. The average Bonchev–Trinajstić information content (AvgIpc) is 2.49. The van der Waals surface area contributed by atoms with E-state index < -0.39 is 5.97 Å². The first-order chi connectivity index (χ1) is 10.2. The van der Waals surface area contributed by atoms with Crippen LogP contribution in [0.3, 0.4) is 0 Å². The zero-order valence-corrected chi connectivity index (χ0v) is 12.5. The number of hydrogen-bond donors (Lipinski definition) is 1. The van der Waals surface area contributed by atoms with Crippen LogP contribution in [0.15, 0.2) is 12.2 Å². The molecule has 21 heavy (non-hydrogen) atoms. The van der Waals surface area contributed by atoms with Crippen molar-refractivity contribution in [1.82, 2.24) is 9.80 Å². The van der Waals surface area contributed by atoms with Crippen molar-refractivity contribution in [2.45, 2.75) is 6.42 Å². The number of aliphatic hydroxyl groups excluding tert-OH is 1. The molecule has 1 fully saturated rings. The molecule has 0 aliphatic carbocycles. The van der Waals surface area contributed by atoms with E-state index in [4.69, 9.17) is 9.84 Å². The minimum absolute atomic E-state index is 0.0679. The molecule has 0 amide bonds. The third-order valence-electron chi connectivity index (χ3n) is 3.30. The highest BCUT2D eigenvalue weighted by atomic mass is 16.5. The second kappa shape index (κ2) is 10.3. The van der Waals surface area contributed by atoms with Crippen LogP contribution in [-0.2, 0) is 19.1 Å². The van der Waals surface area contributed by atoms with Gasteiger partial charge in [-0.3, -0.25) is 14.6 Å². The normalized spacial score (nSPS) is 17.0. The summed E-state index contributed by atoms with van der Waals surface area (Å²) in [6, 6.07) is 0. The van der Waals surface area contributed by atoms with Crippen molar-refractivity contribution >= 4 is 11.9 Å². The van der Waals surface area contributed by atoms with Gasteiger partial charge in [-0.15, -0.1) is 0 Å². The molecule has 1 saturated heterocycles. The first kappa shape index (κ1) is 17.6. The van der Waals surface area contributed by atoms with Crippen LogP contribution in [0, 0.1) is 0 Å². The predicted molar refractivity (Wildman–Crippen MR) is 76.7 cm³/mol. The second-order valence-electron chi connectivity index (χ2n) is 4.76. The Balaban J connectivity index is 2.08. The van der Waals surface area contributed by atoms with Gasteiger partial charge in [0.1, 0.15) is 6.61 Å². The van der Waals surface area contributed by atoms with Crippen LogP contribution in [0.4, 0.5) is 0 Å². The Hall–Kier alpha value is -1.44. The second-order valence-corrected chi connectivity index (χ2v) is 4.76. The number of methoxy groups -OCH3 is 1. The monoisotopic (exact) mass is 300 g/mol. The van der Waals surface area contributed by atoms with Gasteiger partial charge in [0, 0.05) is 45.3 Å². The maximum Gasteiger partial charge on any atom is 0.330 e. The van der Waals surface area contributed by atoms with Crippen molar-refractivity contribution in [1.29, 1.82) is 0 Å². The van der Waals surface area contributed by atoms with Crippen LogP contribution >= 0.6 is 0 Å². The molecule has 1 N–H and O–H groups in total. The summed E-state index contributed by atoms with van der Waals surface area (Å²) in [5.41, 5.74) is 0. The lowest BCUT2D eigenvalue weighted by molar-refractivity contribution is -0.139. The molecule has 7 nitrogen and oxygen atoms in total.